The van der Waals surface area contributed by atoms with Crippen LogP contribution in [0.4, 0.5) is 4.39 Å². The van der Waals surface area contributed by atoms with Gasteiger partial charge >= 0.3 is 0 Å². The highest BCUT2D eigenvalue weighted by atomic mass is 32.2. The summed E-state index contributed by atoms with van der Waals surface area (Å²) < 4.78 is 38.3. The number of rotatable bonds is 1. The fourth-order valence-electron chi connectivity index (χ4n) is 4.14. The number of nitrogens with zero attached hydrogens (tertiary/aromatic N) is 1. The lowest BCUT2D eigenvalue weighted by Gasteiger charge is -2.38. The summed E-state index contributed by atoms with van der Waals surface area (Å²) in [5, 5.41) is 0. The van der Waals surface area contributed by atoms with Crippen molar-refractivity contribution in [2.24, 2.45) is 10.7 Å². The minimum atomic E-state index is -3.45. The zero-order valence-electron chi connectivity index (χ0n) is 16.4. The summed E-state index contributed by atoms with van der Waals surface area (Å²) >= 11 is 0. The smallest absolute Gasteiger partial charge is 0.165 e. The van der Waals surface area contributed by atoms with E-state index in [0.717, 1.165) is 35.1 Å². The van der Waals surface area contributed by atoms with Crippen LogP contribution in [0.5, 0.6) is 0 Å². The lowest BCUT2D eigenvalue weighted by Crippen LogP contribution is -2.54. The van der Waals surface area contributed by atoms with Gasteiger partial charge in [0.15, 0.2) is 9.84 Å². The van der Waals surface area contributed by atoms with E-state index in [1.165, 1.54) is 11.6 Å². The molecule has 6 heteroatoms. The molecule has 148 valence electrons. The van der Waals surface area contributed by atoms with Gasteiger partial charge in [0.1, 0.15) is 16.4 Å². The second-order valence-corrected chi connectivity index (χ2v) is 11.2. The topological polar surface area (TPSA) is 72.5 Å². The van der Waals surface area contributed by atoms with Crippen molar-refractivity contribution in [2.45, 2.75) is 50.3 Å². The van der Waals surface area contributed by atoms with E-state index >= 15 is 0 Å². The third-order valence-electron chi connectivity index (χ3n) is 6.27. The molecular formula is C22H25FN2O2S. The minimum Gasteiger partial charge on any atom is -0.386 e. The zero-order chi connectivity index (χ0) is 20.3. The number of aliphatic imine (C=N–C) groups is 1. The van der Waals surface area contributed by atoms with Crippen LogP contribution in [0.1, 0.15) is 48.6 Å². The van der Waals surface area contributed by atoms with Crippen LogP contribution >= 0.6 is 0 Å². The summed E-state index contributed by atoms with van der Waals surface area (Å²) in [5.74, 6) is -0.176. The van der Waals surface area contributed by atoms with Crippen molar-refractivity contribution in [2.75, 3.05) is 5.75 Å². The molecule has 1 atom stereocenters. The van der Waals surface area contributed by atoms with E-state index in [4.69, 9.17) is 5.73 Å². The first-order chi connectivity index (χ1) is 13.0. The Balaban J connectivity index is 1.79. The molecule has 2 N–H and O–H groups in total. The fraction of sp³-hybridized carbons (Fsp3) is 0.409. The Bertz CT molecular complexity index is 1110. The molecule has 0 saturated carbocycles. The highest BCUT2D eigenvalue weighted by Crippen LogP contribution is 2.38. The SMILES string of the molecule is CC1(C)C(N)=N[C@](C)(c2ccc3c(c2)Cc2cc(F)ccc2CC3)CS1(=O)=O. The molecule has 1 aliphatic heterocycles. The highest BCUT2D eigenvalue weighted by Gasteiger charge is 2.48. The highest BCUT2D eigenvalue weighted by molar-refractivity contribution is 7.93. The molecular weight excluding hydrogens is 375 g/mol. The number of fused-ring (bicyclic) bond motifs is 2. The Labute approximate surface area is 165 Å². The Hall–Kier alpha value is -2.21. The first-order valence-electron chi connectivity index (χ1n) is 9.49. The van der Waals surface area contributed by atoms with Crippen LogP contribution in [0.15, 0.2) is 41.4 Å². The number of sulfone groups is 1. The number of halogens is 1. The summed E-state index contributed by atoms with van der Waals surface area (Å²) in [4.78, 5) is 4.62. The number of nitrogens with two attached hydrogens (primary N) is 1. The zero-order valence-corrected chi connectivity index (χ0v) is 17.2. The summed E-state index contributed by atoms with van der Waals surface area (Å²) in [6, 6.07) is 11.0. The maximum absolute atomic E-state index is 13.7. The lowest BCUT2D eigenvalue weighted by molar-refractivity contribution is 0.501. The van der Waals surface area contributed by atoms with Gasteiger partial charge in [-0.3, -0.25) is 4.99 Å². The molecule has 2 aromatic rings. The van der Waals surface area contributed by atoms with Crippen LogP contribution < -0.4 is 5.73 Å². The average molecular weight is 401 g/mol. The summed E-state index contributed by atoms with van der Waals surface area (Å²) in [6.07, 6.45) is 2.37. The van der Waals surface area contributed by atoms with Crippen molar-refractivity contribution < 1.29 is 12.8 Å². The van der Waals surface area contributed by atoms with Gasteiger partial charge in [-0.2, -0.15) is 0 Å². The molecule has 2 aliphatic rings. The molecule has 0 fully saturated rings. The van der Waals surface area contributed by atoms with Crippen molar-refractivity contribution in [3.05, 3.63) is 70.0 Å². The van der Waals surface area contributed by atoms with Crippen LogP contribution in [0.25, 0.3) is 0 Å². The van der Waals surface area contributed by atoms with Gasteiger partial charge in [-0.25, -0.2) is 12.8 Å². The molecule has 28 heavy (non-hydrogen) atoms. The third kappa shape index (κ3) is 2.94. The van der Waals surface area contributed by atoms with E-state index < -0.39 is 20.1 Å². The molecule has 0 aromatic heterocycles. The van der Waals surface area contributed by atoms with E-state index in [2.05, 4.69) is 11.1 Å². The molecule has 1 heterocycles. The van der Waals surface area contributed by atoms with E-state index in [1.807, 2.05) is 25.1 Å². The first-order valence-corrected chi connectivity index (χ1v) is 11.1. The quantitative estimate of drug-likeness (QED) is 0.798. The van der Waals surface area contributed by atoms with Crippen LogP contribution in [-0.2, 0) is 34.6 Å². The summed E-state index contributed by atoms with van der Waals surface area (Å²) in [6.45, 7) is 5.02. The third-order valence-corrected chi connectivity index (χ3v) is 8.98. The van der Waals surface area contributed by atoms with Crippen LogP contribution in [0.3, 0.4) is 0 Å². The summed E-state index contributed by atoms with van der Waals surface area (Å²) in [5.41, 5.74) is 10.4. The molecule has 1 aliphatic carbocycles. The average Bonchev–Trinajstić information content (AvgIpc) is 2.77. The Kier molecular flexibility index (Phi) is 4.20. The van der Waals surface area contributed by atoms with Crippen molar-refractivity contribution in [3.8, 4) is 0 Å². The van der Waals surface area contributed by atoms with E-state index in [0.29, 0.717) is 6.42 Å². The van der Waals surface area contributed by atoms with E-state index in [1.54, 1.807) is 19.9 Å². The van der Waals surface area contributed by atoms with Gasteiger partial charge in [0.2, 0.25) is 0 Å². The first kappa shape index (κ1) is 19.1. The number of benzene rings is 2. The van der Waals surface area contributed by atoms with Gasteiger partial charge in [-0.15, -0.1) is 0 Å². The molecule has 0 amide bonds. The number of aryl methyl sites for hydroxylation is 2. The number of amidine groups is 1. The Morgan fingerprint density at radius 1 is 0.964 bits per heavy atom. The molecule has 0 saturated heterocycles. The second kappa shape index (κ2) is 6.14. The minimum absolute atomic E-state index is 0.0856. The van der Waals surface area contributed by atoms with Gasteiger partial charge in [0.25, 0.3) is 0 Å². The van der Waals surface area contributed by atoms with Crippen LogP contribution in [-0.4, -0.2) is 24.8 Å². The molecule has 0 spiro atoms. The molecule has 4 rings (SSSR count). The van der Waals surface area contributed by atoms with E-state index in [-0.39, 0.29) is 17.4 Å². The van der Waals surface area contributed by atoms with Crippen molar-refractivity contribution in [1.82, 2.24) is 0 Å². The van der Waals surface area contributed by atoms with Crippen molar-refractivity contribution >= 4 is 15.7 Å². The van der Waals surface area contributed by atoms with Crippen molar-refractivity contribution in [3.63, 3.8) is 0 Å². The molecule has 0 unspecified atom stereocenters. The van der Waals surface area contributed by atoms with Gasteiger partial charge in [-0.05, 0) is 80.0 Å². The second-order valence-electron chi connectivity index (χ2n) is 8.61. The molecule has 0 bridgehead atoms. The monoisotopic (exact) mass is 400 g/mol. The summed E-state index contributed by atoms with van der Waals surface area (Å²) in [7, 11) is -3.45. The Morgan fingerprint density at radius 3 is 2.21 bits per heavy atom. The lowest BCUT2D eigenvalue weighted by atomic mass is 9.89. The maximum atomic E-state index is 13.7. The Morgan fingerprint density at radius 2 is 1.57 bits per heavy atom. The van der Waals surface area contributed by atoms with Gasteiger partial charge in [-0.1, -0.05) is 24.3 Å². The van der Waals surface area contributed by atoms with Crippen molar-refractivity contribution in [1.29, 1.82) is 0 Å². The number of hydrogen-bond donors (Lipinski definition) is 1. The molecule has 0 radical (unpaired) electrons. The van der Waals surface area contributed by atoms with Crippen LogP contribution in [0, 0.1) is 5.82 Å². The molecule has 4 nitrogen and oxygen atoms in total. The largest absolute Gasteiger partial charge is 0.386 e. The molecule has 2 aromatic carbocycles. The van der Waals surface area contributed by atoms with E-state index in [9.17, 15) is 12.8 Å². The maximum Gasteiger partial charge on any atom is 0.165 e. The predicted molar refractivity (Wildman–Crippen MR) is 110 cm³/mol. The van der Waals surface area contributed by atoms with Gasteiger partial charge in [0, 0.05) is 0 Å². The van der Waals surface area contributed by atoms with Crippen LogP contribution in [0.2, 0.25) is 0 Å². The fourth-order valence-corrected chi connectivity index (χ4v) is 5.83. The normalized spacial score (nSPS) is 25.2. The standard InChI is InChI=1S/C22H25FN2O2S/c1-21(2)20(24)25-22(3,13-28(21,26)27)18-8-6-14-4-5-15-7-9-19(23)12-17(15)10-16(14)11-18/h6-9,11-12H,4-5,10,13H2,1-3H3,(H2,24,25)/t22-/m0/s1. The van der Waals surface area contributed by atoms with Gasteiger partial charge < -0.3 is 5.73 Å². The predicted octanol–water partition coefficient (Wildman–Crippen LogP) is 3.29. The van der Waals surface area contributed by atoms with Gasteiger partial charge in [0.05, 0.1) is 11.3 Å². The number of hydrogen-bond acceptors (Lipinski definition) is 4.